The summed E-state index contributed by atoms with van der Waals surface area (Å²) in [5, 5.41) is 2.32. The van der Waals surface area contributed by atoms with Crippen molar-refractivity contribution in [2.24, 2.45) is 0 Å². The van der Waals surface area contributed by atoms with Crippen molar-refractivity contribution in [1.82, 2.24) is 9.55 Å². The lowest BCUT2D eigenvalue weighted by Crippen LogP contribution is -2.25. The van der Waals surface area contributed by atoms with Gasteiger partial charge in [0.05, 0.1) is 28.1 Å². The summed E-state index contributed by atoms with van der Waals surface area (Å²) in [7, 11) is 0. The molecule has 2 aliphatic rings. The van der Waals surface area contributed by atoms with E-state index in [2.05, 4.69) is 284 Å². The third kappa shape index (κ3) is 7.74. The van der Waals surface area contributed by atoms with Gasteiger partial charge in [-0.05, 0) is 128 Å². The van der Waals surface area contributed by atoms with Crippen molar-refractivity contribution >= 4 is 44.6 Å². The van der Waals surface area contributed by atoms with E-state index < -0.39 is 0 Å². The molecule has 0 spiro atoms. The van der Waals surface area contributed by atoms with Gasteiger partial charge in [0.1, 0.15) is 24.0 Å². The average molecular weight is 979 g/mol. The topological polar surface area (TPSA) is 33.5 Å². The minimum atomic E-state index is -0.0396. The molecule has 0 atom stereocenters. The van der Waals surface area contributed by atoms with Crippen LogP contribution < -0.4 is 14.5 Å². The Labute approximate surface area is 444 Å². The van der Waals surface area contributed by atoms with E-state index >= 15 is 0 Å². The van der Waals surface area contributed by atoms with Crippen molar-refractivity contribution in [1.29, 1.82) is 0 Å². The minimum absolute atomic E-state index is 0.00488. The van der Waals surface area contributed by atoms with E-state index in [0.29, 0.717) is 6.67 Å². The molecule has 0 radical (unpaired) electrons. The summed E-state index contributed by atoms with van der Waals surface area (Å²) in [5.41, 5.74) is 21.1. The van der Waals surface area contributed by atoms with E-state index in [1.807, 2.05) is 6.20 Å². The van der Waals surface area contributed by atoms with Gasteiger partial charge in [0, 0.05) is 51.8 Å². The van der Waals surface area contributed by atoms with Crippen molar-refractivity contribution < 1.29 is 4.74 Å². The van der Waals surface area contributed by atoms with Gasteiger partial charge >= 0.3 is 0 Å². The van der Waals surface area contributed by atoms with Crippen LogP contribution in [0.1, 0.15) is 48.9 Å². The molecule has 1 aliphatic carbocycles. The fourth-order valence-corrected chi connectivity index (χ4v) is 11.9. The number of hydrogen-bond acceptors (Lipinski definition) is 4. The molecule has 10 aromatic carbocycles. The zero-order chi connectivity index (χ0) is 50.9. The van der Waals surface area contributed by atoms with E-state index in [1.54, 1.807) is 0 Å². The van der Waals surface area contributed by atoms with Gasteiger partial charge in [-0.1, -0.05) is 191 Å². The number of fused-ring (bicyclic) bond motifs is 7. The summed E-state index contributed by atoms with van der Waals surface area (Å²) in [5.74, 6) is 2.40. The lowest BCUT2D eigenvalue weighted by atomic mass is 9.88. The molecule has 0 saturated heterocycles. The number of para-hydroxylation sites is 3. The van der Waals surface area contributed by atoms with Gasteiger partial charge in [-0.3, -0.25) is 4.57 Å². The number of benzene rings is 10. The lowest BCUT2D eigenvalue weighted by molar-refractivity contribution is 0.482. The molecule has 14 rings (SSSR count). The number of pyridine rings is 1. The Hall–Kier alpha value is -9.45. The Kier molecular flexibility index (Phi) is 10.8. The van der Waals surface area contributed by atoms with Gasteiger partial charge in [-0.15, -0.1) is 0 Å². The Bertz CT molecular complexity index is 4070. The van der Waals surface area contributed by atoms with Crippen molar-refractivity contribution in [2.45, 2.75) is 32.1 Å². The van der Waals surface area contributed by atoms with Crippen LogP contribution in [-0.2, 0) is 5.41 Å². The molecule has 0 amide bonds. The highest BCUT2D eigenvalue weighted by molar-refractivity contribution is 6.09. The Morgan fingerprint density at radius 3 is 1.66 bits per heavy atom. The Morgan fingerprint density at radius 2 is 1.00 bits per heavy atom. The van der Waals surface area contributed by atoms with Crippen LogP contribution in [0, 0.1) is 0 Å². The predicted octanol–water partition coefficient (Wildman–Crippen LogP) is 18.7. The van der Waals surface area contributed by atoms with Crippen LogP contribution in [0.15, 0.2) is 255 Å². The quantitative estimate of drug-likeness (QED) is 0.144. The van der Waals surface area contributed by atoms with Gasteiger partial charge in [-0.2, -0.15) is 0 Å². The zero-order valence-corrected chi connectivity index (χ0v) is 42.7. The van der Waals surface area contributed by atoms with Crippen LogP contribution in [0.2, 0.25) is 0 Å². The molecule has 1 aliphatic heterocycles. The molecule has 0 fully saturated rings. The van der Waals surface area contributed by atoms with E-state index in [-0.39, 0.29) is 11.3 Å². The summed E-state index contributed by atoms with van der Waals surface area (Å²) in [6.07, 6.45) is 1.94. The smallest absolute Gasteiger partial charge is 0.137 e. The van der Waals surface area contributed by atoms with Crippen molar-refractivity contribution in [2.75, 3.05) is 16.5 Å². The summed E-state index contributed by atoms with van der Waals surface area (Å²) in [6.45, 7) is 7.32. The lowest BCUT2D eigenvalue weighted by Gasteiger charge is -2.28. The largest absolute Gasteiger partial charge is 0.457 e. The highest BCUT2D eigenvalue weighted by Crippen LogP contribution is 2.54. The third-order valence-corrected chi connectivity index (χ3v) is 15.5. The van der Waals surface area contributed by atoms with Crippen LogP contribution in [0.4, 0.5) is 22.7 Å². The van der Waals surface area contributed by atoms with Gasteiger partial charge in [0.2, 0.25) is 0 Å². The number of aromatic nitrogens is 2. The van der Waals surface area contributed by atoms with E-state index in [1.165, 1.54) is 61.0 Å². The van der Waals surface area contributed by atoms with Crippen LogP contribution in [-0.4, -0.2) is 16.2 Å². The highest BCUT2D eigenvalue weighted by atomic mass is 16.5. The summed E-state index contributed by atoms with van der Waals surface area (Å²) in [4.78, 5) is 9.98. The minimum Gasteiger partial charge on any atom is -0.457 e. The van der Waals surface area contributed by atoms with Crippen molar-refractivity contribution in [3.05, 3.63) is 277 Å². The number of anilines is 4. The maximum absolute atomic E-state index is 7.26. The average Bonchev–Trinajstić information content (AvgIpc) is 4.16. The first-order valence-electron chi connectivity index (χ1n) is 26.3. The maximum Gasteiger partial charge on any atom is 0.137 e. The monoisotopic (exact) mass is 978 g/mol. The predicted molar refractivity (Wildman–Crippen MR) is 315 cm³/mol. The maximum atomic E-state index is 7.26. The molecule has 364 valence electrons. The number of rotatable bonds is 9. The molecule has 2 aromatic heterocycles. The molecule has 0 unspecified atom stereocenters. The number of nitrogens with zero attached hydrogens (tertiary/aromatic N) is 4. The van der Waals surface area contributed by atoms with Crippen LogP contribution in [0.5, 0.6) is 11.5 Å². The summed E-state index contributed by atoms with van der Waals surface area (Å²) >= 11 is 0. The van der Waals surface area contributed by atoms with Crippen LogP contribution >= 0.6 is 0 Å². The molecule has 0 N–H and O–H groups in total. The van der Waals surface area contributed by atoms with Crippen LogP contribution in [0.25, 0.3) is 72.1 Å². The van der Waals surface area contributed by atoms with Crippen molar-refractivity contribution in [3.8, 4) is 61.8 Å². The Morgan fingerprint density at radius 1 is 0.434 bits per heavy atom. The van der Waals surface area contributed by atoms with E-state index in [0.717, 1.165) is 67.6 Å². The molecule has 3 heterocycles. The molecule has 12 aromatic rings. The number of ether oxygens (including phenoxy) is 1. The normalized spacial score (nSPS) is 13.0. The molecular formula is C71H54N4O. The SMILES string of the molecule is CC(C)(C)c1ccnc(-n2c3ccccc3c3ccc(Oc4cc(C5c6ccccc6-c6ccccc65)cc(N5CN(c6c(-c7ccccc7)cc(-c7ccccc7)cc6-c6ccccc6)c6ccccc65)c4)cc32)c1. The first-order chi connectivity index (χ1) is 37.3. The first-order valence-corrected chi connectivity index (χ1v) is 26.3. The number of hydrogen-bond donors (Lipinski definition) is 0. The second kappa shape index (κ2) is 18.2. The molecule has 0 saturated carbocycles. The fourth-order valence-electron chi connectivity index (χ4n) is 11.9. The van der Waals surface area contributed by atoms with Gasteiger partial charge in [-0.25, -0.2) is 4.98 Å². The second-order valence-electron chi connectivity index (χ2n) is 21.2. The highest BCUT2D eigenvalue weighted by Gasteiger charge is 2.35. The standard InChI is InChI=1S/C71H54N4O/c1-71(2,3)52-37-38-72-68(43-52)75-64-32-18-17-29-58(64)59-36-35-54(45-67(59)75)76-55-40-51(69-60-30-15-13-27-56(60)57-28-14-16-31-61(57)69)39-53(44-55)73-46-74(66-34-20-19-33-65(66)73)70-62(48-23-9-5-10-24-48)41-50(47-21-7-4-8-22-47)42-63(70)49-25-11-6-12-26-49/h4-45,69H,46H2,1-3H3. The first kappa shape index (κ1) is 45.2. The third-order valence-electron chi connectivity index (χ3n) is 15.5. The van der Waals surface area contributed by atoms with E-state index in [4.69, 9.17) is 9.72 Å². The zero-order valence-electron chi connectivity index (χ0n) is 42.7. The summed E-state index contributed by atoms with van der Waals surface area (Å²) in [6, 6.07) is 90.3. The molecule has 5 heteroatoms. The Balaban J connectivity index is 0.949. The summed E-state index contributed by atoms with van der Waals surface area (Å²) < 4.78 is 9.55. The molecule has 0 bridgehead atoms. The van der Waals surface area contributed by atoms with Gasteiger partial charge < -0.3 is 14.5 Å². The molecule has 5 nitrogen and oxygen atoms in total. The fraction of sp³-hybridized carbons (Fsp3) is 0.0845. The van der Waals surface area contributed by atoms with Crippen LogP contribution in [0.3, 0.4) is 0 Å². The molecular weight excluding hydrogens is 925 g/mol. The van der Waals surface area contributed by atoms with Gasteiger partial charge in [0.15, 0.2) is 0 Å². The molecule has 76 heavy (non-hydrogen) atoms. The van der Waals surface area contributed by atoms with Crippen molar-refractivity contribution in [3.63, 3.8) is 0 Å². The second-order valence-corrected chi connectivity index (χ2v) is 21.2. The van der Waals surface area contributed by atoms with Gasteiger partial charge in [0.25, 0.3) is 0 Å². The van der Waals surface area contributed by atoms with E-state index in [9.17, 15) is 0 Å².